The third-order valence-corrected chi connectivity index (χ3v) is 3.19. The quantitative estimate of drug-likeness (QED) is 0.881. The number of nitrogens with one attached hydrogen (secondary N) is 1. The Labute approximate surface area is 122 Å². The Morgan fingerprint density at radius 2 is 1.90 bits per heavy atom. The van der Waals surface area contributed by atoms with Crippen LogP contribution in [0, 0.1) is 5.82 Å². The zero-order valence-corrected chi connectivity index (χ0v) is 11.8. The van der Waals surface area contributed by atoms with Crippen molar-refractivity contribution < 1.29 is 19.0 Å². The van der Waals surface area contributed by atoms with E-state index in [4.69, 9.17) is 9.84 Å². The Bertz CT molecular complexity index is 640. The predicted molar refractivity (Wildman–Crippen MR) is 78.4 cm³/mol. The van der Waals surface area contributed by atoms with Crippen molar-refractivity contribution >= 4 is 11.7 Å². The largest absolute Gasteiger partial charge is 0.495 e. The monoisotopic (exact) mass is 289 g/mol. The average molecular weight is 289 g/mol. The van der Waals surface area contributed by atoms with Crippen LogP contribution in [0.3, 0.4) is 0 Å². The second kappa shape index (κ2) is 6.26. The molecule has 110 valence electrons. The van der Waals surface area contributed by atoms with Gasteiger partial charge in [-0.1, -0.05) is 12.1 Å². The van der Waals surface area contributed by atoms with Crippen molar-refractivity contribution in [1.82, 2.24) is 0 Å². The maximum atomic E-state index is 12.9. The van der Waals surface area contributed by atoms with Crippen molar-refractivity contribution in [3.05, 3.63) is 59.4 Å². The van der Waals surface area contributed by atoms with Crippen molar-refractivity contribution in [2.24, 2.45) is 0 Å². The molecule has 0 aliphatic carbocycles. The van der Waals surface area contributed by atoms with Crippen LogP contribution in [-0.4, -0.2) is 18.2 Å². The highest BCUT2D eigenvalue weighted by Gasteiger charge is 2.12. The number of hydrogen-bond acceptors (Lipinski definition) is 3. The second-order valence-corrected chi connectivity index (χ2v) is 4.64. The summed E-state index contributed by atoms with van der Waals surface area (Å²) in [6.45, 7) is 1.90. The first-order valence-electron chi connectivity index (χ1n) is 6.44. The number of hydrogen-bond donors (Lipinski definition) is 2. The first kappa shape index (κ1) is 14.8. The minimum Gasteiger partial charge on any atom is -0.495 e. The van der Waals surface area contributed by atoms with Gasteiger partial charge in [-0.2, -0.15) is 0 Å². The summed E-state index contributed by atoms with van der Waals surface area (Å²) in [4.78, 5) is 11.0. The molecule has 2 N–H and O–H groups in total. The minimum atomic E-state index is -1.00. The molecule has 2 rings (SSSR count). The van der Waals surface area contributed by atoms with Crippen LogP contribution in [0.1, 0.15) is 28.9 Å². The van der Waals surface area contributed by atoms with E-state index >= 15 is 0 Å². The van der Waals surface area contributed by atoms with E-state index in [1.165, 1.54) is 31.4 Å². The van der Waals surface area contributed by atoms with Gasteiger partial charge in [-0.15, -0.1) is 0 Å². The van der Waals surface area contributed by atoms with Gasteiger partial charge in [0.15, 0.2) is 0 Å². The molecule has 0 aliphatic heterocycles. The van der Waals surface area contributed by atoms with Crippen LogP contribution in [0.25, 0.3) is 0 Å². The van der Waals surface area contributed by atoms with E-state index in [1.807, 2.05) is 6.92 Å². The molecule has 4 nitrogen and oxygen atoms in total. The number of rotatable bonds is 5. The molecular formula is C16H16FNO3. The molecule has 5 heteroatoms. The molecule has 1 unspecified atom stereocenters. The number of anilines is 1. The molecule has 0 fully saturated rings. The second-order valence-electron chi connectivity index (χ2n) is 4.64. The van der Waals surface area contributed by atoms with Crippen LogP contribution in [0.5, 0.6) is 5.75 Å². The molecule has 0 aromatic heterocycles. The topological polar surface area (TPSA) is 58.6 Å². The van der Waals surface area contributed by atoms with Crippen LogP contribution in [-0.2, 0) is 0 Å². The highest BCUT2D eigenvalue weighted by atomic mass is 19.1. The van der Waals surface area contributed by atoms with Crippen LogP contribution >= 0.6 is 0 Å². The third-order valence-electron chi connectivity index (χ3n) is 3.19. The van der Waals surface area contributed by atoms with E-state index < -0.39 is 5.97 Å². The Balaban J connectivity index is 2.26. The van der Waals surface area contributed by atoms with Crippen LogP contribution in [0.15, 0.2) is 42.5 Å². The Kier molecular flexibility index (Phi) is 4.42. The summed E-state index contributed by atoms with van der Waals surface area (Å²) in [5.41, 5.74) is 1.64. The van der Waals surface area contributed by atoms with Gasteiger partial charge < -0.3 is 15.2 Å². The van der Waals surface area contributed by atoms with Gasteiger partial charge in [0.1, 0.15) is 11.6 Å². The highest BCUT2D eigenvalue weighted by Crippen LogP contribution is 2.29. The highest BCUT2D eigenvalue weighted by molar-refractivity contribution is 5.89. The number of aromatic carboxylic acids is 1. The minimum absolute atomic E-state index is 0.122. The molecule has 0 heterocycles. The van der Waals surface area contributed by atoms with Gasteiger partial charge in [0.25, 0.3) is 0 Å². The van der Waals surface area contributed by atoms with E-state index in [2.05, 4.69) is 5.32 Å². The van der Waals surface area contributed by atoms with E-state index in [1.54, 1.807) is 18.2 Å². The molecule has 2 aromatic rings. The summed E-state index contributed by atoms with van der Waals surface area (Å²) in [5, 5.41) is 12.2. The van der Waals surface area contributed by atoms with Crippen molar-refractivity contribution in [2.45, 2.75) is 13.0 Å². The lowest BCUT2D eigenvalue weighted by molar-refractivity contribution is 0.0697. The maximum absolute atomic E-state index is 12.9. The Hall–Kier alpha value is -2.56. The molecule has 0 amide bonds. The van der Waals surface area contributed by atoms with Crippen LogP contribution in [0.4, 0.5) is 10.1 Å². The Morgan fingerprint density at radius 1 is 1.24 bits per heavy atom. The molecule has 0 saturated carbocycles. The zero-order valence-electron chi connectivity index (χ0n) is 11.8. The van der Waals surface area contributed by atoms with Gasteiger partial charge in [0.05, 0.1) is 18.4 Å². The molecule has 1 atom stereocenters. The normalized spacial score (nSPS) is 11.8. The molecule has 0 aliphatic rings. The van der Waals surface area contributed by atoms with E-state index in [-0.39, 0.29) is 17.4 Å². The van der Waals surface area contributed by atoms with Gasteiger partial charge >= 0.3 is 5.97 Å². The molecule has 2 aromatic carbocycles. The lowest BCUT2D eigenvalue weighted by Gasteiger charge is -2.18. The number of carboxylic acid groups (broad SMARTS) is 1. The van der Waals surface area contributed by atoms with Crippen LogP contribution in [0.2, 0.25) is 0 Å². The fourth-order valence-corrected chi connectivity index (χ4v) is 2.02. The van der Waals surface area contributed by atoms with Gasteiger partial charge in [0.2, 0.25) is 0 Å². The maximum Gasteiger partial charge on any atom is 0.335 e. The van der Waals surface area contributed by atoms with Crippen molar-refractivity contribution in [3.63, 3.8) is 0 Å². The smallest absolute Gasteiger partial charge is 0.335 e. The van der Waals surface area contributed by atoms with E-state index in [0.29, 0.717) is 11.4 Å². The first-order chi connectivity index (χ1) is 10.0. The number of benzene rings is 2. The third kappa shape index (κ3) is 3.51. The lowest BCUT2D eigenvalue weighted by atomic mass is 10.1. The van der Waals surface area contributed by atoms with Gasteiger partial charge in [-0.05, 0) is 42.8 Å². The van der Waals surface area contributed by atoms with Crippen molar-refractivity contribution in [3.8, 4) is 5.75 Å². The van der Waals surface area contributed by atoms with Gasteiger partial charge in [-0.3, -0.25) is 0 Å². The Morgan fingerprint density at radius 3 is 2.48 bits per heavy atom. The number of carbonyl (C=O) groups is 1. The first-order valence-corrected chi connectivity index (χ1v) is 6.44. The SMILES string of the molecule is COc1ccc(C(=O)O)cc1NC(C)c1ccc(F)cc1. The predicted octanol–water partition coefficient (Wildman–Crippen LogP) is 3.71. The fraction of sp³-hybridized carbons (Fsp3) is 0.188. The molecule has 0 bridgehead atoms. The standard InChI is InChI=1S/C16H16FNO3/c1-10(11-3-6-13(17)7-4-11)18-14-9-12(16(19)20)5-8-15(14)21-2/h3-10,18H,1-2H3,(H,19,20). The van der Waals surface area contributed by atoms with E-state index in [9.17, 15) is 9.18 Å². The molecular weight excluding hydrogens is 273 g/mol. The summed E-state index contributed by atoms with van der Waals surface area (Å²) in [6, 6.07) is 10.6. The van der Waals surface area contributed by atoms with Gasteiger partial charge in [-0.25, -0.2) is 9.18 Å². The van der Waals surface area contributed by atoms with Crippen molar-refractivity contribution in [1.29, 1.82) is 0 Å². The summed E-state index contributed by atoms with van der Waals surface area (Å²) < 4.78 is 18.2. The summed E-state index contributed by atoms with van der Waals surface area (Å²) in [6.07, 6.45) is 0. The lowest BCUT2D eigenvalue weighted by Crippen LogP contribution is -2.09. The van der Waals surface area contributed by atoms with Crippen molar-refractivity contribution in [2.75, 3.05) is 12.4 Å². The zero-order chi connectivity index (χ0) is 15.4. The fourth-order valence-electron chi connectivity index (χ4n) is 2.02. The molecule has 0 radical (unpaired) electrons. The molecule has 21 heavy (non-hydrogen) atoms. The number of ether oxygens (including phenoxy) is 1. The summed E-state index contributed by atoms with van der Waals surface area (Å²) in [5.74, 6) is -0.750. The van der Waals surface area contributed by atoms with E-state index in [0.717, 1.165) is 5.56 Å². The number of carboxylic acids is 1. The van der Waals surface area contributed by atoms with Gasteiger partial charge in [0, 0.05) is 6.04 Å². The number of methoxy groups -OCH3 is 1. The summed E-state index contributed by atoms with van der Waals surface area (Å²) in [7, 11) is 1.52. The number of halogens is 1. The summed E-state index contributed by atoms with van der Waals surface area (Å²) >= 11 is 0. The average Bonchev–Trinajstić information content (AvgIpc) is 2.47. The molecule has 0 spiro atoms. The van der Waals surface area contributed by atoms with Crippen LogP contribution < -0.4 is 10.1 Å². The molecule has 0 saturated heterocycles.